The molecule has 3 aromatic carbocycles. The van der Waals surface area contributed by atoms with Gasteiger partial charge in [0.15, 0.2) is 0 Å². The summed E-state index contributed by atoms with van der Waals surface area (Å²) in [5.41, 5.74) is 1.13. The minimum absolute atomic E-state index is 0.0657. The summed E-state index contributed by atoms with van der Waals surface area (Å²) in [5.74, 6) is -1.45. The molecule has 2 unspecified atom stereocenters. The van der Waals surface area contributed by atoms with Gasteiger partial charge in [0, 0.05) is 43.1 Å². The minimum atomic E-state index is -4.75. The van der Waals surface area contributed by atoms with Crippen molar-refractivity contribution in [2.45, 2.75) is 50.6 Å². The van der Waals surface area contributed by atoms with Crippen LogP contribution >= 0.6 is 0 Å². The summed E-state index contributed by atoms with van der Waals surface area (Å²) in [7, 11) is 3.30. The van der Waals surface area contributed by atoms with Crippen molar-refractivity contribution in [3.8, 4) is 6.07 Å². The van der Waals surface area contributed by atoms with Gasteiger partial charge < -0.3 is 20.2 Å². The van der Waals surface area contributed by atoms with E-state index in [1.54, 1.807) is 48.1 Å². The summed E-state index contributed by atoms with van der Waals surface area (Å²) in [4.78, 5) is 36.6. The van der Waals surface area contributed by atoms with Gasteiger partial charge in [0.2, 0.25) is 0 Å². The lowest BCUT2D eigenvalue weighted by Crippen LogP contribution is -2.49. The third-order valence-corrected chi connectivity index (χ3v) is 10.2. The average Bonchev–Trinajstić information content (AvgIpc) is 3.79. The number of hydrogen-bond acceptors (Lipinski definition) is 10. The number of anilines is 3. The Morgan fingerprint density at radius 2 is 1.79 bits per heavy atom. The van der Waals surface area contributed by atoms with Gasteiger partial charge in [-0.1, -0.05) is 24.3 Å². The fourth-order valence-electron chi connectivity index (χ4n) is 7.51. The van der Waals surface area contributed by atoms with Crippen molar-refractivity contribution in [3.05, 3.63) is 135 Å². The van der Waals surface area contributed by atoms with Gasteiger partial charge in [0.25, 0.3) is 11.5 Å². The Morgan fingerprint density at radius 1 is 1.05 bits per heavy atom. The molecule has 4 atom stereocenters. The maximum atomic E-state index is 14.1. The number of carbonyl (C=O) groups excluding carboxylic acids is 1. The van der Waals surface area contributed by atoms with Crippen LogP contribution < -0.4 is 20.7 Å². The molecule has 3 N–H and O–H groups in total. The van der Waals surface area contributed by atoms with Crippen molar-refractivity contribution in [3.63, 3.8) is 0 Å². The molecule has 2 aliphatic heterocycles. The molecule has 2 aliphatic rings. The van der Waals surface area contributed by atoms with E-state index in [0.29, 0.717) is 28.3 Å². The van der Waals surface area contributed by atoms with Gasteiger partial charge in [0.05, 0.1) is 34.7 Å². The zero-order valence-electron chi connectivity index (χ0n) is 31.4. The molecule has 0 saturated carbocycles. The molecule has 8 rings (SSSR count). The SMILES string of the molecule is Cc1cccc(N(C)C(=O)C2C(O)CCN2c2nc(C)cc(C(F)(F)F)c2C#N)c1.Cn1ncnc1[C@H]1c2n[nH]c(=O)c3cc(F)cc(c23)N[C@@H]1c1ccc(F)cc1. The van der Waals surface area contributed by atoms with E-state index in [1.165, 1.54) is 54.4 Å². The first-order valence-electron chi connectivity index (χ1n) is 17.9. The number of alkyl halides is 3. The van der Waals surface area contributed by atoms with Gasteiger partial charge in [0.1, 0.15) is 47.3 Å². The van der Waals surface area contributed by atoms with Crippen LogP contribution in [0.15, 0.2) is 77.9 Å². The zero-order chi connectivity index (χ0) is 41.6. The second kappa shape index (κ2) is 15.3. The maximum absolute atomic E-state index is 14.1. The molecule has 0 bridgehead atoms. The van der Waals surface area contributed by atoms with Crippen LogP contribution in [-0.2, 0) is 18.0 Å². The molecular weight excluding hydrogens is 763 g/mol. The summed E-state index contributed by atoms with van der Waals surface area (Å²) in [5, 5.41) is 34.9. The normalized spacial score (nSPS) is 18.6. The summed E-state index contributed by atoms with van der Waals surface area (Å²) in [6.07, 6.45) is -4.25. The van der Waals surface area contributed by atoms with Gasteiger partial charge >= 0.3 is 6.18 Å². The minimum Gasteiger partial charge on any atom is -0.390 e. The highest BCUT2D eigenvalue weighted by atomic mass is 19.4. The molecule has 5 heterocycles. The molecule has 0 aliphatic carbocycles. The lowest BCUT2D eigenvalue weighted by molar-refractivity contribution is -0.137. The predicted octanol–water partition coefficient (Wildman–Crippen LogP) is 5.82. The van der Waals surface area contributed by atoms with E-state index in [4.69, 9.17) is 0 Å². The molecule has 6 aromatic rings. The first-order valence-corrected chi connectivity index (χ1v) is 17.9. The number of rotatable bonds is 5. The highest BCUT2D eigenvalue weighted by Gasteiger charge is 2.44. The number of carbonyl (C=O) groups is 1. The number of aromatic amines is 1. The number of nitrogens with one attached hydrogen (secondary N) is 2. The molecule has 1 saturated heterocycles. The van der Waals surface area contributed by atoms with Gasteiger partial charge in [-0.25, -0.2) is 23.8 Å². The topological polar surface area (TPSA) is 169 Å². The van der Waals surface area contributed by atoms with Crippen LogP contribution in [-0.4, -0.2) is 66.7 Å². The predicted molar refractivity (Wildman–Crippen MR) is 203 cm³/mol. The smallest absolute Gasteiger partial charge is 0.390 e. The standard InChI is InChI=1S/C21H21F3N4O2.C19H14F2N6O/c1-12-5-4-6-14(9-12)27(3)20(30)18-17(29)7-8-28(18)19-15(11-25)16(21(22,23)24)10-13(2)26-19;1-27-18(22-8-23-27)15-16(9-2-4-10(20)5-3-9)24-13-7-11(21)6-12-14(13)17(15)25-26-19(12)28/h4-6,9-10,17-18,29H,7-8H2,1-3H3;2-8,15-16,24H,1H3,(H,26,28)/t;15-,16-/m.1/s1. The number of nitriles is 1. The van der Waals surface area contributed by atoms with Gasteiger partial charge in [-0.05, 0) is 73.9 Å². The maximum Gasteiger partial charge on any atom is 0.417 e. The van der Waals surface area contributed by atoms with E-state index in [9.17, 15) is 41.9 Å². The Balaban J connectivity index is 0.000000177. The van der Waals surface area contributed by atoms with Crippen LogP contribution in [0.3, 0.4) is 0 Å². The van der Waals surface area contributed by atoms with E-state index in [1.807, 2.05) is 13.0 Å². The van der Waals surface area contributed by atoms with Crippen LogP contribution in [0.4, 0.5) is 39.1 Å². The Bertz CT molecular complexity index is 2640. The van der Waals surface area contributed by atoms with Crippen molar-refractivity contribution >= 4 is 33.9 Å². The van der Waals surface area contributed by atoms with Gasteiger partial charge in [-0.2, -0.15) is 28.6 Å². The largest absolute Gasteiger partial charge is 0.417 e. The molecule has 13 nitrogen and oxygen atoms in total. The number of aliphatic hydroxyl groups is 1. The van der Waals surface area contributed by atoms with E-state index < -0.39 is 58.7 Å². The van der Waals surface area contributed by atoms with Crippen LogP contribution in [0.25, 0.3) is 10.8 Å². The first-order chi connectivity index (χ1) is 27.6. The molecule has 3 aromatic heterocycles. The fourth-order valence-corrected chi connectivity index (χ4v) is 7.51. The molecule has 1 amide bonds. The Kier molecular flexibility index (Phi) is 10.4. The Hall–Kier alpha value is -6.74. The second-order valence-corrected chi connectivity index (χ2v) is 14.1. The summed E-state index contributed by atoms with van der Waals surface area (Å²) in [6, 6.07) is 16.5. The zero-order valence-corrected chi connectivity index (χ0v) is 31.4. The van der Waals surface area contributed by atoms with Crippen molar-refractivity contribution in [2.75, 3.05) is 28.7 Å². The Morgan fingerprint density at radius 3 is 2.45 bits per heavy atom. The van der Waals surface area contributed by atoms with E-state index in [0.717, 1.165) is 17.2 Å². The van der Waals surface area contributed by atoms with Crippen molar-refractivity contribution in [1.82, 2.24) is 29.9 Å². The van der Waals surface area contributed by atoms with E-state index in [-0.39, 0.29) is 35.7 Å². The van der Waals surface area contributed by atoms with Gasteiger partial charge in [-0.15, -0.1) is 0 Å². The van der Waals surface area contributed by atoms with Crippen LogP contribution in [0, 0.1) is 36.8 Å². The summed E-state index contributed by atoms with van der Waals surface area (Å²) >= 11 is 0. The summed E-state index contributed by atoms with van der Waals surface area (Å²) < 4.78 is 69.7. The van der Waals surface area contributed by atoms with Crippen LogP contribution in [0.1, 0.15) is 57.8 Å². The van der Waals surface area contributed by atoms with Gasteiger partial charge in [-0.3, -0.25) is 14.3 Å². The second-order valence-electron chi connectivity index (χ2n) is 14.1. The Labute approximate surface area is 327 Å². The number of aromatic nitrogens is 6. The number of likely N-dealkylation sites (N-methyl/N-ethyl adjacent to an activating group) is 1. The number of amides is 1. The first kappa shape index (κ1) is 39.5. The van der Waals surface area contributed by atoms with Crippen molar-refractivity contribution in [1.29, 1.82) is 5.26 Å². The van der Waals surface area contributed by atoms with Crippen molar-refractivity contribution < 1.29 is 31.9 Å². The quantitative estimate of drug-likeness (QED) is 0.181. The third-order valence-electron chi connectivity index (χ3n) is 10.2. The number of H-pyrrole nitrogens is 1. The third kappa shape index (κ3) is 7.31. The van der Waals surface area contributed by atoms with Crippen LogP contribution in [0.5, 0.6) is 0 Å². The molecule has 58 heavy (non-hydrogen) atoms. The molecular formula is C40H35F5N10O3. The number of benzene rings is 3. The molecule has 0 radical (unpaired) electrons. The number of halogens is 5. The fraction of sp³-hybridized carbons (Fsp3) is 0.275. The number of aliphatic hydroxyl groups excluding tert-OH is 1. The number of aryl methyl sites for hydroxylation is 3. The summed E-state index contributed by atoms with van der Waals surface area (Å²) in [6.45, 7) is 3.36. The highest BCUT2D eigenvalue weighted by molar-refractivity contribution is 6.00. The van der Waals surface area contributed by atoms with E-state index >= 15 is 0 Å². The monoisotopic (exact) mass is 798 g/mol. The molecule has 298 valence electrons. The highest BCUT2D eigenvalue weighted by Crippen LogP contribution is 2.46. The number of nitrogens with zero attached hydrogens (tertiary/aromatic N) is 8. The molecule has 1 fully saturated rings. The van der Waals surface area contributed by atoms with Crippen LogP contribution in [0.2, 0.25) is 0 Å². The van der Waals surface area contributed by atoms with E-state index in [2.05, 4.69) is 30.6 Å². The molecule has 18 heteroatoms. The number of pyridine rings is 1. The number of hydrogen-bond donors (Lipinski definition) is 3. The van der Waals surface area contributed by atoms with Crippen molar-refractivity contribution in [2.24, 2.45) is 7.05 Å². The lowest BCUT2D eigenvalue weighted by atomic mass is 9.83. The molecule has 0 spiro atoms. The average molecular weight is 799 g/mol. The lowest BCUT2D eigenvalue weighted by Gasteiger charge is -2.33.